The Balaban J connectivity index is 2.20. The summed E-state index contributed by atoms with van der Waals surface area (Å²) in [5.41, 5.74) is 0. The molecule has 6 heteroatoms. The van der Waals surface area contributed by atoms with Gasteiger partial charge in [0.05, 0.1) is 6.54 Å². The summed E-state index contributed by atoms with van der Waals surface area (Å²) in [5, 5.41) is 13.0. The van der Waals surface area contributed by atoms with Gasteiger partial charge in [-0.25, -0.2) is 14.5 Å². The summed E-state index contributed by atoms with van der Waals surface area (Å²) in [7, 11) is 0. The third-order valence-electron chi connectivity index (χ3n) is 2.14. The predicted molar refractivity (Wildman–Crippen MR) is 59.9 cm³/mol. The molecule has 0 unspecified atom stereocenters. The molecule has 2 heterocycles. The van der Waals surface area contributed by atoms with Crippen molar-refractivity contribution in [2.24, 2.45) is 0 Å². The van der Waals surface area contributed by atoms with Gasteiger partial charge in [0.2, 0.25) is 0 Å². The molecule has 5 nitrogen and oxygen atoms in total. The van der Waals surface area contributed by atoms with Crippen molar-refractivity contribution in [2.75, 3.05) is 0 Å². The zero-order chi connectivity index (χ0) is 11.7. The maximum Gasteiger partial charge on any atom is 0.345 e. The fraction of sp³-hybridized carbons (Fsp3) is 0.300. The Hall–Kier alpha value is -1.69. The van der Waals surface area contributed by atoms with Crippen LogP contribution in [0.5, 0.6) is 0 Å². The maximum absolute atomic E-state index is 10.7. The number of hydrogen-bond acceptors (Lipinski definition) is 4. The zero-order valence-electron chi connectivity index (χ0n) is 8.97. The van der Waals surface area contributed by atoms with Gasteiger partial charge >= 0.3 is 5.97 Å². The van der Waals surface area contributed by atoms with Gasteiger partial charge in [-0.05, 0) is 26.0 Å². The van der Waals surface area contributed by atoms with Gasteiger partial charge in [-0.2, -0.15) is 5.10 Å². The second-order valence-electron chi connectivity index (χ2n) is 3.43. The number of rotatable bonds is 3. The third-order valence-corrected chi connectivity index (χ3v) is 3.20. The molecule has 0 saturated carbocycles. The fourth-order valence-corrected chi connectivity index (χ4v) is 2.27. The van der Waals surface area contributed by atoms with E-state index in [1.165, 1.54) is 11.3 Å². The second kappa shape index (κ2) is 4.05. The minimum Gasteiger partial charge on any atom is -0.477 e. The number of aromatic nitrogens is 3. The molecule has 2 aromatic heterocycles. The van der Waals surface area contributed by atoms with Crippen molar-refractivity contribution < 1.29 is 9.90 Å². The second-order valence-corrected chi connectivity index (χ2v) is 4.60. The van der Waals surface area contributed by atoms with E-state index in [1.54, 1.807) is 10.7 Å². The van der Waals surface area contributed by atoms with E-state index in [0.717, 1.165) is 16.5 Å². The lowest BCUT2D eigenvalue weighted by molar-refractivity contribution is 0.0702. The van der Waals surface area contributed by atoms with E-state index in [9.17, 15) is 4.79 Å². The number of carbonyl (C=O) groups is 1. The van der Waals surface area contributed by atoms with E-state index in [4.69, 9.17) is 5.11 Å². The van der Waals surface area contributed by atoms with Crippen LogP contribution in [0.15, 0.2) is 12.1 Å². The molecule has 0 aliphatic heterocycles. The summed E-state index contributed by atoms with van der Waals surface area (Å²) >= 11 is 1.27. The smallest absolute Gasteiger partial charge is 0.345 e. The summed E-state index contributed by atoms with van der Waals surface area (Å²) in [6.45, 7) is 4.29. The topological polar surface area (TPSA) is 68.0 Å². The lowest BCUT2D eigenvalue weighted by Gasteiger charge is -1.99. The van der Waals surface area contributed by atoms with Crippen LogP contribution in [0.4, 0.5) is 0 Å². The molecule has 0 spiro atoms. The lowest BCUT2D eigenvalue weighted by Crippen LogP contribution is -2.02. The van der Waals surface area contributed by atoms with Crippen LogP contribution in [0.2, 0.25) is 0 Å². The molecule has 0 atom stereocenters. The Morgan fingerprint density at radius 2 is 2.25 bits per heavy atom. The normalized spacial score (nSPS) is 10.6. The van der Waals surface area contributed by atoms with E-state index < -0.39 is 5.97 Å². The highest BCUT2D eigenvalue weighted by molar-refractivity contribution is 7.13. The number of aromatic carboxylic acids is 1. The Labute approximate surface area is 96.4 Å². The molecule has 84 valence electrons. The van der Waals surface area contributed by atoms with Crippen molar-refractivity contribution in [3.8, 4) is 0 Å². The van der Waals surface area contributed by atoms with Crippen molar-refractivity contribution in [1.82, 2.24) is 14.8 Å². The highest BCUT2D eigenvalue weighted by Crippen LogP contribution is 2.17. The average molecular weight is 237 g/mol. The molecular weight excluding hydrogens is 226 g/mol. The van der Waals surface area contributed by atoms with E-state index in [0.29, 0.717) is 11.4 Å². The minimum absolute atomic E-state index is 0.351. The number of hydrogen-bond donors (Lipinski definition) is 1. The molecule has 0 radical (unpaired) electrons. The molecule has 0 aromatic carbocycles. The van der Waals surface area contributed by atoms with Crippen LogP contribution in [0.25, 0.3) is 0 Å². The molecule has 0 amide bonds. The van der Waals surface area contributed by atoms with Gasteiger partial charge < -0.3 is 5.11 Å². The monoisotopic (exact) mass is 237 g/mol. The number of nitrogens with zero attached hydrogens (tertiary/aromatic N) is 3. The lowest BCUT2D eigenvalue weighted by atomic mass is 10.4. The van der Waals surface area contributed by atoms with Crippen molar-refractivity contribution in [3.05, 3.63) is 33.5 Å². The van der Waals surface area contributed by atoms with E-state index in [-0.39, 0.29) is 0 Å². The summed E-state index contributed by atoms with van der Waals surface area (Å²) in [6.07, 6.45) is 0. The summed E-state index contributed by atoms with van der Waals surface area (Å²) < 4.78 is 1.77. The van der Waals surface area contributed by atoms with Crippen LogP contribution >= 0.6 is 11.3 Å². The number of carboxylic acids is 1. The van der Waals surface area contributed by atoms with Crippen LogP contribution in [0.1, 0.15) is 26.2 Å². The largest absolute Gasteiger partial charge is 0.477 e. The van der Waals surface area contributed by atoms with Crippen molar-refractivity contribution in [1.29, 1.82) is 0 Å². The SMILES string of the molecule is Cc1nc(C)n(Cc2ccc(C(=O)O)s2)n1. The summed E-state index contributed by atoms with van der Waals surface area (Å²) in [6, 6.07) is 3.42. The minimum atomic E-state index is -0.886. The van der Waals surface area contributed by atoms with Crippen LogP contribution in [-0.4, -0.2) is 25.8 Å². The van der Waals surface area contributed by atoms with Gasteiger partial charge in [0.1, 0.15) is 16.5 Å². The number of carboxylic acid groups (broad SMARTS) is 1. The molecule has 0 aliphatic rings. The van der Waals surface area contributed by atoms with Crippen LogP contribution in [0, 0.1) is 13.8 Å². The standard InChI is InChI=1S/C10H11N3O2S/c1-6-11-7(2)13(12-6)5-8-3-4-9(16-8)10(14)15/h3-4H,5H2,1-2H3,(H,14,15). The molecule has 2 aromatic rings. The average Bonchev–Trinajstić information content (AvgIpc) is 2.75. The maximum atomic E-state index is 10.7. The van der Waals surface area contributed by atoms with Gasteiger partial charge in [-0.3, -0.25) is 0 Å². The van der Waals surface area contributed by atoms with Crippen LogP contribution in [0.3, 0.4) is 0 Å². The highest BCUT2D eigenvalue weighted by Gasteiger charge is 2.09. The molecule has 16 heavy (non-hydrogen) atoms. The predicted octanol–water partition coefficient (Wildman–Crippen LogP) is 1.70. The van der Waals surface area contributed by atoms with Gasteiger partial charge in [-0.1, -0.05) is 0 Å². The Kier molecular flexibility index (Phi) is 2.74. The van der Waals surface area contributed by atoms with Crippen molar-refractivity contribution in [3.63, 3.8) is 0 Å². The van der Waals surface area contributed by atoms with E-state index >= 15 is 0 Å². The zero-order valence-corrected chi connectivity index (χ0v) is 9.78. The molecule has 2 rings (SSSR count). The molecule has 0 fully saturated rings. The first-order chi connectivity index (χ1) is 7.56. The third kappa shape index (κ3) is 2.11. The van der Waals surface area contributed by atoms with Crippen molar-refractivity contribution >= 4 is 17.3 Å². The quantitative estimate of drug-likeness (QED) is 0.882. The first-order valence-corrected chi connectivity index (χ1v) is 5.58. The number of aryl methyl sites for hydroxylation is 2. The van der Waals surface area contributed by atoms with E-state index in [1.807, 2.05) is 19.9 Å². The van der Waals surface area contributed by atoms with E-state index in [2.05, 4.69) is 10.1 Å². The Morgan fingerprint density at radius 3 is 2.75 bits per heavy atom. The highest BCUT2D eigenvalue weighted by atomic mass is 32.1. The van der Waals surface area contributed by atoms with Crippen molar-refractivity contribution in [2.45, 2.75) is 20.4 Å². The summed E-state index contributed by atoms with van der Waals surface area (Å²) in [4.78, 5) is 16.2. The molecular formula is C10H11N3O2S. The first kappa shape index (κ1) is 10.8. The molecule has 1 N–H and O–H groups in total. The van der Waals surface area contributed by atoms with Gasteiger partial charge in [0.25, 0.3) is 0 Å². The van der Waals surface area contributed by atoms with Gasteiger partial charge in [0, 0.05) is 4.88 Å². The summed E-state index contributed by atoms with van der Waals surface area (Å²) in [5.74, 6) is 0.679. The number of thiophene rings is 1. The fourth-order valence-electron chi connectivity index (χ4n) is 1.44. The Bertz CT molecular complexity index is 530. The first-order valence-electron chi connectivity index (χ1n) is 4.76. The van der Waals surface area contributed by atoms with Crippen LogP contribution in [-0.2, 0) is 6.54 Å². The molecule has 0 aliphatic carbocycles. The Morgan fingerprint density at radius 1 is 1.50 bits per heavy atom. The molecule has 0 saturated heterocycles. The van der Waals surface area contributed by atoms with Gasteiger partial charge in [0.15, 0.2) is 0 Å². The van der Waals surface area contributed by atoms with Crippen LogP contribution < -0.4 is 0 Å². The molecule has 0 bridgehead atoms. The van der Waals surface area contributed by atoms with Gasteiger partial charge in [-0.15, -0.1) is 11.3 Å².